The molecule has 1 saturated carbocycles. The number of carbonyl (C=O) groups excluding carboxylic acids is 2. The number of benzene rings is 3. The van der Waals surface area contributed by atoms with E-state index in [1.54, 1.807) is 6.92 Å². The maximum Gasteiger partial charge on any atom is 0.340 e. The van der Waals surface area contributed by atoms with Crippen molar-refractivity contribution in [2.45, 2.75) is 44.8 Å². The quantitative estimate of drug-likeness (QED) is 0.546. The Balaban J connectivity index is 1.64. The van der Waals surface area contributed by atoms with E-state index in [0.717, 1.165) is 47.2 Å². The summed E-state index contributed by atoms with van der Waals surface area (Å²) < 4.78 is 5.57. The summed E-state index contributed by atoms with van der Waals surface area (Å²) in [4.78, 5) is 25.4. The Morgan fingerprint density at radius 3 is 2.11 bits per heavy atom. The van der Waals surface area contributed by atoms with Gasteiger partial charge in [-0.15, -0.1) is 0 Å². The van der Waals surface area contributed by atoms with Crippen LogP contribution in [0.25, 0.3) is 21.5 Å². The van der Waals surface area contributed by atoms with Gasteiger partial charge in [0.1, 0.15) is 0 Å². The molecule has 0 saturated heterocycles. The van der Waals surface area contributed by atoms with Crippen molar-refractivity contribution in [3.63, 3.8) is 0 Å². The summed E-state index contributed by atoms with van der Waals surface area (Å²) in [6.45, 7) is 1.63. The molecule has 1 aliphatic rings. The van der Waals surface area contributed by atoms with Gasteiger partial charge in [-0.3, -0.25) is 4.79 Å². The monoisotopic (exact) mass is 361 g/mol. The molecule has 0 heterocycles. The van der Waals surface area contributed by atoms with E-state index in [-0.39, 0.29) is 11.9 Å². The van der Waals surface area contributed by atoms with Gasteiger partial charge < -0.3 is 10.1 Å². The van der Waals surface area contributed by atoms with Gasteiger partial charge in [-0.05, 0) is 47.4 Å². The maximum atomic E-state index is 13.0. The first kappa shape index (κ1) is 17.5. The van der Waals surface area contributed by atoms with E-state index < -0.39 is 12.1 Å². The lowest BCUT2D eigenvalue weighted by molar-refractivity contribution is -0.129. The fourth-order valence-electron chi connectivity index (χ4n) is 3.90. The largest absolute Gasteiger partial charge is 0.449 e. The smallest absolute Gasteiger partial charge is 0.340 e. The Morgan fingerprint density at radius 1 is 0.963 bits per heavy atom. The second kappa shape index (κ2) is 7.39. The van der Waals surface area contributed by atoms with Gasteiger partial charge in [-0.2, -0.15) is 0 Å². The Bertz CT molecular complexity index is 951. The zero-order valence-electron chi connectivity index (χ0n) is 15.4. The van der Waals surface area contributed by atoms with Gasteiger partial charge in [-0.1, -0.05) is 61.4 Å². The predicted molar refractivity (Wildman–Crippen MR) is 107 cm³/mol. The molecule has 4 rings (SSSR count). The number of rotatable bonds is 4. The normalized spacial score (nSPS) is 15.7. The number of fused-ring (bicyclic) bond motifs is 2. The lowest BCUT2D eigenvalue weighted by atomic mass is 9.97. The maximum absolute atomic E-state index is 13.0. The third-order valence-corrected chi connectivity index (χ3v) is 5.33. The molecule has 1 atom stereocenters. The fourth-order valence-corrected chi connectivity index (χ4v) is 3.90. The second-order valence-corrected chi connectivity index (χ2v) is 7.23. The van der Waals surface area contributed by atoms with Crippen LogP contribution in [-0.2, 0) is 9.53 Å². The molecule has 1 amide bonds. The number of amides is 1. The fraction of sp³-hybridized carbons (Fsp3) is 0.304. The molecular formula is C23H23NO3. The van der Waals surface area contributed by atoms with E-state index >= 15 is 0 Å². The van der Waals surface area contributed by atoms with Crippen LogP contribution in [0.4, 0.5) is 0 Å². The molecule has 27 heavy (non-hydrogen) atoms. The molecule has 1 N–H and O–H groups in total. The van der Waals surface area contributed by atoms with Gasteiger partial charge in [-0.25, -0.2) is 4.79 Å². The summed E-state index contributed by atoms with van der Waals surface area (Å²) in [5, 5.41) is 6.62. The highest BCUT2D eigenvalue weighted by Crippen LogP contribution is 2.29. The Kier molecular flexibility index (Phi) is 4.80. The van der Waals surface area contributed by atoms with E-state index in [9.17, 15) is 9.59 Å². The summed E-state index contributed by atoms with van der Waals surface area (Å²) in [6, 6.07) is 17.8. The van der Waals surface area contributed by atoms with Crippen molar-refractivity contribution in [1.29, 1.82) is 0 Å². The average Bonchev–Trinajstić information content (AvgIpc) is 3.18. The van der Waals surface area contributed by atoms with Crippen molar-refractivity contribution in [1.82, 2.24) is 5.32 Å². The Labute approximate surface area is 158 Å². The Morgan fingerprint density at radius 2 is 1.52 bits per heavy atom. The lowest BCUT2D eigenvalue weighted by Crippen LogP contribution is -2.40. The minimum absolute atomic E-state index is 0.206. The van der Waals surface area contributed by atoms with Crippen LogP contribution in [0.3, 0.4) is 0 Å². The third kappa shape index (κ3) is 3.52. The Hall–Kier alpha value is -2.88. The van der Waals surface area contributed by atoms with E-state index in [2.05, 4.69) is 11.4 Å². The molecule has 138 valence electrons. The van der Waals surface area contributed by atoms with Gasteiger partial charge in [0.25, 0.3) is 5.91 Å². The molecule has 4 heteroatoms. The molecule has 0 bridgehead atoms. The summed E-state index contributed by atoms with van der Waals surface area (Å²) >= 11 is 0. The van der Waals surface area contributed by atoms with Gasteiger partial charge in [0.2, 0.25) is 0 Å². The highest BCUT2D eigenvalue weighted by Gasteiger charge is 2.25. The summed E-state index contributed by atoms with van der Waals surface area (Å²) in [5.74, 6) is -0.683. The zero-order valence-corrected chi connectivity index (χ0v) is 15.4. The van der Waals surface area contributed by atoms with E-state index in [4.69, 9.17) is 4.74 Å². The summed E-state index contributed by atoms with van der Waals surface area (Å²) in [6.07, 6.45) is 3.46. The molecule has 1 aliphatic carbocycles. The number of hydrogen-bond acceptors (Lipinski definition) is 3. The second-order valence-electron chi connectivity index (χ2n) is 7.23. The first-order chi connectivity index (χ1) is 13.1. The zero-order chi connectivity index (χ0) is 18.8. The molecule has 4 nitrogen and oxygen atoms in total. The van der Waals surface area contributed by atoms with Gasteiger partial charge in [0.15, 0.2) is 6.10 Å². The lowest BCUT2D eigenvalue weighted by Gasteiger charge is -2.18. The third-order valence-electron chi connectivity index (χ3n) is 5.33. The average molecular weight is 361 g/mol. The summed E-state index contributed by atoms with van der Waals surface area (Å²) in [5.41, 5.74) is 0.518. The minimum atomic E-state index is -0.823. The van der Waals surface area contributed by atoms with Crippen molar-refractivity contribution in [3.05, 3.63) is 60.2 Å². The van der Waals surface area contributed by atoms with Crippen LogP contribution in [0.5, 0.6) is 0 Å². The molecule has 3 aromatic carbocycles. The number of carbonyl (C=O) groups is 2. The first-order valence-electron chi connectivity index (χ1n) is 9.55. The van der Waals surface area contributed by atoms with E-state index in [1.165, 1.54) is 0 Å². The molecular weight excluding hydrogens is 338 g/mol. The van der Waals surface area contributed by atoms with E-state index in [1.807, 2.05) is 48.5 Å². The van der Waals surface area contributed by atoms with E-state index in [0.29, 0.717) is 5.56 Å². The number of ether oxygens (including phenoxy) is 1. The molecule has 0 spiro atoms. The number of nitrogens with one attached hydrogen (secondary N) is 1. The first-order valence-corrected chi connectivity index (χ1v) is 9.55. The van der Waals surface area contributed by atoms with Crippen molar-refractivity contribution in [2.24, 2.45) is 0 Å². The molecule has 1 unspecified atom stereocenters. The van der Waals surface area contributed by atoms with Crippen LogP contribution in [0.15, 0.2) is 54.6 Å². The van der Waals surface area contributed by atoms with Crippen LogP contribution in [0, 0.1) is 0 Å². The van der Waals surface area contributed by atoms with Crippen LogP contribution >= 0.6 is 0 Å². The SMILES string of the molecule is CC(OC(=O)c1c2ccccc2cc2ccccc12)C(=O)NC1CCCC1. The van der Waals surface area contributed by atoms with Gasteiger partial charge >= 0.3 is 5.97 Å². The topological polar surface area (TPSA) is 55.4 Å². The van der Waals surface area contributed by atoms with Crippen molar-refractivity contribution in [3.8, 4) is 0 Å². The highest BCUT2D eigenvalue weighted by molar-refractivity contribution is 6.16. The van der Waals surface area contributed by atoms with Crippen LogP contribution in [0.1, 0.15) is 43.0 Å². The van der Waals surface area contributed by atoms with Crippen molar-refractivity contribution in [2.75, 3.05) is 0 Å². The minimum Gasteiger partial charge on any atom is -0.449 e. The van der Waals surface area contributed by atoms with Crippen LogP contribution < -0.4 is 5.32 Å². The van der Waals surface area contributed by atoms with Crippen LogP contribution in [0.2, 0.25) is 0 Å². The summed E-state index contributed by atoms with van der Waals surface area (Å²) in [7, 11) is 0. The molecule has 3 aromatic rings. The predicted octanol–water partition coefficient (Wildman–Crippen LogP) is 4.60. The number of esters is 1. The van der Waals surface area contributed by atoms with Crippen LogP contribution in [-0.4, -0.2) is 24.0 Å². The number of hydrogen-bond donors (Lipinski definition) is 1. The van der Waals surface area contributed by atoms with Gasteiger partial charge in [0.05, 0.1) is 5.56 Å². The van der Waals surface area contributed by atoms with Crippen molar-refractivity contribution >= 4 is 33.4 Å². The molecule has 1 fully saturated rings. The van der Waals surface area contributed by atoms with Crippen molar-refractivity contribution < 1.29 is 14.3 Å². The standard InChI is InChI=1S/C23H23NO3/c1-15(22(25)24-18-10-4-5-11-18)27-23(26)21-19-12-6-2-8-16(19)14-17-9-3-7-13-20(17)21/h2-3,6-9,12-15,18H,4-5,10-11H2,1H3,(H,24,25). The van der Waals surface area contributed by atoms with Gasteiger partial charge in [0, 0.05) is 6.04 Å². The molecule has 0 aliphatic heterocycles. The molecule has 0 aromatic heterocycles. The highest BCUT2D eigenvalue weighted by atomic mass is 16.5. The molecule has 0 radical (unpaired) electrons.